The molecule has 1 atom stereocenters. The molecule has 0 spiro atoms. The SMILES string of the molecule is CC(NCc1c(Cl)ccc(Cl)c1Cl)c1ccccn1. The standard InChI is InChI=1S/C14H13Cl3N2/c1-9(13-4-2-3-7-18-13)19-8-10-11(15)5-6-12(16)14(10)17/h2-7,9,19H,8H2,1H3. The van der Waals surface area contributed by atoms with Crippen LogP contribution in [-0.4, -0.2) is 4.98 Å². The number of nitrogens with zero attached hydrogens (tertiary/aromatic N) is 1. The van der Waals surface area contributed by atoms with Gasteiger partial charge < -0.3 is 5.32 Å². The molecule has 0 aliphatic heterocycles. The van der Waals surface area contributed by atoms with Crippen molar-refractivity contribution in [2.75, 3.05) is 0 Å². The van der Waals surface area contributed by atoms with Crippen LogP contribution in [0.2, 0.25) is 15.1 Å². The van der Waals surface area contributed by atoms with Gasteiger partial charge in [-0.25, -0.2) is 0 Å². The van der Waals surface area contributed by atoms with Crippen molar-refractivity contribution in [1.29, 1.82) is 0 Å². The van der Waals surface area contributed by atoms with Crippen LogP contribution in [0.4, 0.5) is 0 Å². The van der Waals surface area contributed by atoms with Gasteiger partial charge in [-0.05, 0) is 31.2 Å². The van der Waals surface area contributed by atoms with E-state index in [-0.39, 0.29) is 6.04 Å². The number of nitrogens with one attached hydrogen (secondary N) is 1. The average molecular weight is 316 g/mol. The zero-order valence-electron chi connectivity index (χ0n) is 10.3. The third kappa shape index (κ3) is 3.61. The van der Waals surface area contributed by atoms with Gasteiger partial charge in [-0.2, -0.15) is 0 Å². The highest BCUT2D eigenvalue weighted by Crippen LogP contribution is 2.31. The van der Waals surface area contributed by atoms with Gasteiger partial charge in [0.25, 0.3) is 0 Å². The highest BCUT2D eigenvalue weighted by molar-refractivity contribution is 6.44. The zero-order chi connectivity index (χ0) is 13.8. The van der Waals surface area contributed by atoms with E-state index in [2.05, 4.69) is 10.3 Å². The van der Waals surface area contributed by atoms with Crippen molar-refractivity contribution < 1.29 is 0 Å². The van der Waals surface area contributed by atoms with Crippen LogP contribution in [-0.2, 0) is 6.54 Å². The molecule has 1 aromatic heterocycles. The number of pyridine rings is 1. The quantitative estimate of drug-likeness (QED) is 0.812. The Morgan fingerprint density at radius 3 is 2.53 bits per heavy atom. The minimum absolute atomic E-state index is 0.104. The highest BCUT2D eigenvalue weighted by atomic mass is 35.5. The van der Waals surface area contributed by atoms with Crippen LogP contribution in [0.25, 0.3) is 0 Å². The lowest BCUT2D eigenvalue weighted by molar-refractivity contribution is 0.562. The molecule has 2 nitrogen and oxygen atoms in total. The molecule has 0 aliphatic rings. The van der Waals surface area contributed by atoms with Gasteiger partial charge >= 0.3 is 0 Å². The molecule has 0 fully saturated rings. The van der Waals surface area contributed by atoms with E-state index in [1.165, 1.54) is 0 Å². The summed E-state index contributed by atoms with van der Waals surface area (Å²) in [4.78, 5) is 4.30. The second kappa shape index (κ2) is 6.58. The van der Waals surface area contributed by atoms with Crippen LogP contribution in [0.5, 0.6) is 0 Å². The third-order valence-electron chi connectivity index (χ3n) is 2.86. The first-order valence-corrected chi connectivity index (χ1v) is 6.99. The molecule has 2 aromatic rings. The van der Waals surface area contributed by atoms with Crippen LogP contribution in [0.1, 0.15) is 24.2 Å². The van der Waals surface area contributed by atoms with E-state index in [1.807, 2.05) is 25.1 Å². The summed E-state index contributed by atoms with van der Waals surface area (Å²) < 4.78 is 0. The Labute approximate surface area is 127 Å². The van der Waals surface area contributed by atoms with E-state index in [1.54, 1.807) is 18.3 Å². The minimum atomic E-state index is 0.104. The number of aromatic nitrogens is 1. The molecule has 0 saturated carbocycles. The van der Waals surface area contributed by atoms with Crippen molar-refractivity contribution in [3.8, 4) is 0 Å². The third-order valence-corrected chi connectivity index (χ3v) is 4.05. The second-order valence-electron chi connectivity index (χ2n) is 4.18. The second-order valence-corrected chi connectivity index (χ2v) is 5.37. The summed E-state index contributed by atoms with van der Waals surface area (Å²) in [7, 11) is 0. The van der Waals surface area contributed by atoms with Crippen molar-refractivity contribution in [1.82, 2.24) is 10.3 Å². The smallest absolute Gasteiger partial charge is 0.0652 e. The summed E-state index contributed by atoms with van der Waals surface area (Å²) >= 11 is 18.3. The first kappa shape index (κ1) is 14.6. The van der Waals surface area contributed by atoms with E-state index in [0.717, 1.165) is 11.3 Å². The molecule has 19 heavy (non-hydrogen) atoms. The van der Waals surface area contributed by atoms with Crippen molar-refractivity contribution in [3.63, 3.8) is 0 Å². The topological polar surface area (TPSA) is 24.9 Å². The van der Waals surface area contributed by atoms with Crippen LogP contribution in [0.15, 0.2) is 36.5 Å². The normalized spacial score (nSPS) is 12.4. The molecule has 0 radical (unpaired) electrons. The number of hydrogen-bond donors (Lipinski definition) is 1. The molecule has 2 rings (SSSR count). The molecule has 1 aromatic carbocycles. The Bertz CT molecular complexity index is 558. The molecule has 0 amide bonds. The molecule has 0 aliphatic carbocycles. The predicted octanol–water partition coefficient (Wildman–Crippen LogP) is 4.89. The average Bonchev–Trinajstić information content (AvgIpc) is 2.44. The fraction of sp³-hybridized carbons (Fsp3) is 0.214. The Kier molecular flexibility index (Phi) is 5.06. The van der Waals surface area contributed by atoms with Crippen molar-refractivity contribution in [2.45, 2.75) is 19.5 Å². The van der Waals surface area contributed by atoms with E-state index in [4.69, 9.17) is 34.8 Å². The molecule has 0 saturated heterocycles. The summed E-state index contributed by atoms with van der Waals surface area (Å²) in [6.07, 6.45) is 1.77. The van der Waals surface area contributed by atoms with Crippen molar-refractivity contribution in [3.05, 3.63) is 62.9 Å². The molecule has 0 bridgehead atoms. The summed E-state index contributed by atoms with van der Waals surface area (Å²) in [6.45, 7) is 2.57. The number of rotatable bonds is 4. The van der Waals surface area contributed by atoms with Crippen molar-refractivity contribution in [2.24, 2.45) is 0 Å². The molecular weight excluding hydrogens is 303 g/mol. The van der Waals surface area contributed by atoms with E-state index < -0.39 is 0 Å². The molecule has 1 heterocycles. The van der Waals surface area contributed by atoms with Gasteiger partial charge in [0.05, 0.1) is 15.7 Å². The molecule has 1 unspecified atom stereocenters. The lowest BCUT2D eigenvalue weighted by Gasteiger charge is -2.15. The van der Waals surface area contributed by atoms with Crippen LogP contribution < -0.4 is 5.32 Å². The van der Waals surface area contributed by atoms with Gasteiger partial charge in [0, 0.05) is 29.4 Å². The summed E-state index contributed by atoms with van der Waals surface area (Å²) in [6, 6.07) is 9.36. The lowest BCUT2D eigenvalue weighted by atomic mass is 10.1. The number of benzene rings is 1. The Morgan fingerprint density at radius 2 is 1.84 bits per heavy atom. The summed E-state index contributed by atoms with van der Waals surface area (Å²) in [5, 5.41) is 4.94. The molecular formula is C14H13Cl3N2. The Balaban J connectivity index is 2.09. The lowest BCUT2D eigenvalue weighted by Crippen LogP contribution is -2.19. The maximum absolute atomic E-state index is 6.16. The Morgan fingerprint density at radius 1 is 1.11 bits per heavy atom. The fourth-order valence-electron chi connectivity index (χ4n) is 1.72. The minimum Gasteiger partial charge on any atom is -0.305 e. The maximum Gasteiger partial charge on any atom is 0.0652 e. The van der Waals surface area contributed by atoms with Crippen LogP contribution >= 0.6 is 34.8 Å². The van der Waals surface area contributed by atoms with Gasteiger partial charge in [0.2, 0.25) is 0 Å². The number of hydrogen-bond acceptors (Lipinski definition) is 2. The van der Waals surface area contributed by atoms with Gasteiger partial charge in [0.1, 0.15) is 0 Å². The first-order valence-electron chi connectivity index (χ1n) is 5.86. The highest BCUT2D eigenvalue weighted by Gasteiger charge is 2.12. The molecule has 1 N–H and O–H groups in total. The summed E-state index contributed by atoms with van der Waals surface area (Å²) in [5.41, 5.74) is 1.77. The molecule has 5 heteroatoms. The van der Waals surface area contributed by atoms with E-state index in [0.29, 0.717) is 21.6 Å². The van der Waals surface area contributed by atoms with E-state index in [9.17, 15) is 0 Å². The number of halogens is 3. The van der Waals surface area contributed by atoms with E-state index >= 15 is 0 Å². The molecule has 100 valence electrons. The predicted molar refractivity (Wildman–Crippen MR) is 81.0 cm³/mol. The van der Waals surface area contributed by atoms with Crippen LogP contribution in [0, 0.1) is 0 Å². The van der Waals surface area contributed by atoms with Gasteiger partial charge in [-0.1, -0.05) is 40.9 Å². The monoisotopic (exact) mass is 314 g/mol. The van der Waals surface area contributed by atoms with Crippen molar-refractivity contribution >= 4 is 34.8 Å². The van der Waals surface area contributed by atoms with Crippen LogP contribution in [0.3, 0.4) is 0 Å². The summed E-state index contributed by atoms with van der Waals surface area (Å²) in [5.74, 6) is 0. The fourth-order valence-corrected chi connectivity index (χ4v) is 2.40. The first-order chi connectivity index (χ1) is 9.09. The van der Waals surface area contributed by atoms with Gasteiger partial charge in [0.15, 0.2) is 0 Å². The zero-order valence-corrected chi connectivity index (χ0v) is 12.6. The maximum atomic E-state index is 6.16. The largest absolute Gasteiger partial charge is 0.305 e. The van der Waals surface area contributed by atoms with Gasteiger partial charge in [-0.15, -0.1) is 0 Å². The van der Waals surface area contributed by atoms with Gasteiger partial charge in [-0.3, -0.25) is 4.98 Å². The Hall–Kier alpha value is -0.800.